The Bertz CT molecular complexity index is 1730. The molecule has 6 rings (SSSR count). The van der Waals surface area contributed by atoms with Crippen molar-refractivity contribution < 1.29 is 14.6 Å². The number of aliphatic hydroxyl groups excluding tert-OH is 1. The molecular weight excluding hydrogens is 621 g/mol. The summed E-state index contributed by atoms with van der Waals surface area (Å²) in [5.74, 6) is 0.640. The fourth-order valence-corrected chi connectivity index (χ4v) is 7.07. The minimum atomic E-state index is -0.443. The van der Waals surface area contributed by atoms with Gasteiger partial charge in [-0.3, -0.25) is 9.78 Å². The number of aromatic nitrogens is 2. The van der Waals surface area contributed by atoms with Gasteiger partial charge in [-0.25, -0.2) is 4.98 Å². The molecule has 46 heavy (non-hydrogen) atoms. The predicted octanol–water partition coefficient (Wildman–Crippen LogP) is 6.51. The van der Waals surface area contributed by atoms with Crippen LogP contribution in [-0.4, -0.2) is 53.3 Å². The van der Waals surface area contributed by atoms with Gasteiger partial charge in [0.05, 0.1) is 34.6 Å². The Morgan fingerprint density at radius 2 is 1.87 bits per heavy atom. The molecule has 1 aliphatic heterocycles. The molecule has 2 aromatic carbocycles. The molecule has 1 fully saturated rings. The highest BCUT2D eigenvalue weighted by atomic mass is 35.5. The first-order valence-electron chi connectivity index (χ1n) is 15.8. The zero-order chi connectivity index (χ0) is 32.2. The number of benzene rings is 2. The van der Waals surface area contributed by atoms with Gasteiger partial charge in [-0.05, 0) is 61.9 Å². The van der Waals surface area contributed by atoms with Gasteiger partial charge in [-0.15, -0.1) is 0 Å². The highest BCUT2D eigenvalue weighted by Gasteiger charge is 2.25. The maximum Gasteiger partial charge on any atom is 0.220 e. The van der Waals surface area contributed by atoms with E-state index in [1.54, 1.807) is 20.2 Å². The summed E-state index contributed by atoms with van der Waals surface area (Å²) in [5.41, 5.74) is 8.18. The zero-order valence-electron chi connectivity index (χ0n) is 26.1. The molecular formula is C36H39Cl2N5O3. The summed E-state index contributed by atoms with van der Waals surface area (Å²) in [4.78, 5) is 21.1. The summed E-state index contributed by atoms with van der Waals surface area (Å²) in [7, 11) is 1.59. The molecule has 4 aromatic rings. The van der Waals surface area contributed by atoms with E-state index >= 15 is 0 Å². The van der Waals surface area contributed by atoms with Crippen LogP contribution >= 0.6 is 23.2 Å². The Balaban J connectivity index is 1.26. The fourth-order valence-electron chi connectivity index (χ4n) is 6.43. The van der Waals surface area contributed by atoms with Crippen LogP contribution in [0.25, 0.3) is 33.6 Å². The van der Waals surface area contributed by atoms with E-state index in [-0.39, 0.29) is 18.0 Å². The van der Waals surface area contributed by atoms with Gasteiger partial charge in [0.15, 0.2) is 0 Å². The molecule has 2 aliphatic rings. The molecule has 10 heteroatoms. The second-order valence-electron chi connectivity index (χ2n) is 12.1. The van der Waals surface area contributed by atoms with Crippen LogP contribution in [0.1, 0.15) is 55.3 Å². The first-order valence-corrected chi connectivity index (χ1v) is 16.6. The molecule has 0 saturated carbocycles. The number of nitrogens with zero attached hydrogens (tertiary/aromatic N) is 2. The van der Waals surface area contributed by atoms with Crippen molar-refractivity contribution in [2.45, 2.75) is 63.8 Å². The topological polar surface area (TPSA) is 108 Å². The van der Waals surface area contributed by atoms with Gasteiger partial charge in [0, 0.05) is 72.2 Å². The van der Waals surface area contributed by atoms with Crippen molar-refractivity contribution in [3.05, 3.63) is 87.5 Å². The molecule has 4 N–H and O–H groups in total. The van der Waals surface area contributed by atoms with Crippen molar-refractivity contribution in [2.75, 3.05) is 20.2 Å². The van der Waals surface area contributed by atoms with E-state index < -0.39 is 6.10 Å². The van der Waals surface area contributed by atoms with Gasteiger partial charge in [0.1, 0.15) is 0 Å². The van der Waals surface area contributed by atoms with Crippen LogP contribution in [0.5, 0.6) is 5.88 Å². The van der Waals surface area contributed by atoms with Crippen LogP contribution in [0.4, 0.5) is 0 Å². The summed E-state index contributed by atoms with van der Waals surface area (Å²) in [5, 5.41) is 20.6. The molecule has 3 heterocycles. The molecule has 3 atom stereocenters. The van der Waals surface area contributed by atoms with Gasteiger partial charge in [-0.1, -0.05) is 59.6 Å². The predicted molar refractivity (Wildman–Crippen MR) is 183 cm³/mol. The second-order valence-corrected chi connectivity index (χ2v) is 12.9. The molecule has 240 valence electrons. The van der Waals surface area contributed by atoms with Crippen molar-refractivity contribution in [3.8, 4) is 39.5 Å². The summed E-state index contributed by atoms with van der Waals surface area (Å²) in [6.45, 7) is 3.50. The molecule has 0 bridgehead atoms. The Labute approximate surface area is 279 Å². The quantitative estimate of drug-likeness (QED) is 0.145. The number of nitrogens with one attached hydrogen (secondary N) is 3. The molecule has 1 aliphatic carbocycles. The van der Waals surface area contributed by atoms with Crippen LogP contribution in [-0.2, 0) is 17.8 Å². The maximum absolute atomic E-state index is 11.6. The summed E-state index contributed by atoms with van der Waals surface area (Å²) in [6.07, 6.45) is 5.99. The SMILES string of the molecule is COc1nc(-c2cccc(-c3ccnc(-c4ccc5c(c4)CCC[C@H]5NC[C@H]4CCC(=O)N4)c3Cl)c2Cl)ccc1CNCC(C)O. The van der Waals surface area contributed by atoms with Crippen molar-refractivity contribution in [2.24, 2.45) is 0 Å². The maximum atomic E-state index is 11.6. The normalized spacial score (nSPS) is 18.2. The number of methoxy groups -OCH3 is 1. The first kappa shape index (κ1) is 32.4. The van der Waals surface area contributed by atoms with Gasteiger partial charge in [0.2, 0.25) is 11.8 Å². The highest BCUT2D eigenvalue weighted by Crippen LogP contribution is 2.42. The van der Waals surface area contributed by atoms with Gasteiger partial charge in [0.25, 0.3) is 0 Å². The smallest absolute Gasteiger partial charge is 0.220 e. The van der Waals surface area contributed by atoms with Crippen LogP contribution in [0.15, 0.2) is 60.8 Å². The Hall–Kier alpha value is -3.53. The number of hydrogen-bond acceptors (Lipinski definition) is 7. The molecule has 0 spiro atoms. The Morgan fingerprint density at radius 1 is 1.04 bits per heavy atom. The van der Waals surface area contributed by atoms with Crippen LogP contribution < -0.4 is 20.7 Å². The van der Waals surface area contributed by atoms with Gasteiger partial charge >= 0.3 is 0 Å². The molecule has 2 aromatic heterocycles. The lowest BCUT2D eigenvalue weighted by atomic mass is 9.86. The van der Waals surface area contributed by atoms with Crippen molar-refractivity contribution in [1.82, 2.24) is 25.9 Å². The number of rotatable bonds is 11. The lowest BCUT2D eigenvalue weighted by Gasteiger charge is -2.28. The number of aryl methyl sites for hydroxylation is 1. The van der Waals surface area contributed by atoms with E-state index in [0.717, 1.165) is 60.0 Å². The van der Waals surface area contributed by atoms with E-state index in [9.17, 15) is 9.90 Å². The lowest BCUT2D eigenvalue weighted by Crippen LogP contribution is -2.38. The standard InChI is InChI=1S/C36H39Cl2N5O3/c1-21(44)18-39-19-24-10-13-31(43-36(24)46-2)29-7-4-6-27(33(29)37)28-15-16-40-35(34(28)38)23-9-12-26-22(17-23)5-3-8-30(26)41-20-25-11-14-32(45)42-25/h4,6-7,9-10,12-13,15-17,21,25,30,39,41,44H,3,5,8,11,14,18-20H2,1-2H3,(H,42,45)/t21?,25-,30-/m1/s1. The molecule has 0 radical (unpaired) electrons. The third kappa shape index (κ3) is 7.06. The first-order chi connectivity index (χ1) is 22.3. The molecule has 1 amide bonds. The minimum Gasteiger partial charge on any atom is -0.481 e. The second kappa shape index (κ2) is 14.5. The molecule has 1 saturated heterocycles. The van der Waals surface area contributed by atoms with E-state index in [1.165, 1.54) is 11.1 Å². The highest BCUT2D eigenvalue weighted by molar-refractivity contribution is 6.39. The van der Waals surface area contributed by atoms with E-state index in [1.807, 2.05) is 36.4 Å². The molecule has 1 unspecified atom stereocenters. The van der Waals surface area contributed by atoms with E-state index in [0.29, 0.717) is 46.8 Å². The van der Waals surface area contributed by atoms with Crippen molar-refractivity contribution >= 4 is 29.1 Å². The van der Waals surface area contributed by atoms with Crippen LogP contribution in [0, 0.1) is 0 Å². The number of amides is 1. The van der Waals surface area contributed by atoms with E-state index in [2.05, 4.69) is 34.1 Å². The summed E-state index contributed by atoms with van der Waals surface area (Å²) < 4.78 is 5.59. The monoisotopic (exact) mass is 659 g/mol. The number of hydrogen-bond donors (Lipinski definition) is 4. The van der Waals surface area contributed by atoms with Crippen molar-refractivity contribution in [3.63, 3.8) is 0 Å². The van der Waals surface area contributed by atoms with Gasteiger partial charge in [-0.2, -0.15) is 0 Å². The number of carbonyl (C=O) groups excluding carboxylic acids is 1. The number of pyridine rings is 2. The van der Waals surface area contributed by atoms with Crippen molar-refractivity contribution in [1.29, 1.82) is 0 Å². The Morgan fingerprint density at radius 3 is 2.65 bits per heavy atom. The average Bonchev–Trinajstić information content (AvgIpc) is 3.48. The van der Waals surface area contributed by atoms with E-state index in [4.69, 9.17) is 37.9 Å². The van der Waals surface area contributed by atoms with Gasteiger partial charge < -0.3 is 25.8 Å². The average molecular weight is 661 g/mol. The number of fused-ring (bicyclic) bond motifs is 1. The number of ether oxygens (including phenoxy) is 1. The Kier molecular flexibility index (Phi) is 10.2. The lowest BCUT2D eigenvalue weighted by molar-refractivity contribution is -0.119. The summed E-state index contributed by atoms with van der Waals surface area (Å²) in [6, 6.07) is 18.6. The van der Waals surface area contributed by atoms with Crippen LogP contribution in [0.2, 0.25) is 10.0 Å². The van der Waals surface area contributed by atoms with Crippen LogP contribution in [0.3, 0.4) is 0 Å². The number of aliphatic hydroxyl groups is 1. The zero-order valence-corrected chi connectivity index (χ0v) is 27.6. The number of halogens is 2. The third-order valence-electron chi connectivity index (χ3n) is 8.77. The third-order valence-corrected chi connectivity index (χ3v) is 9.56. The summed E-state index contributed by atoms with van der Waals surface area (Å²) >= 11 is 14.2. The largest absolute Gasteiger partial charge is 0.481 e. The molecule has 8 nitrogen and oxygen atoms in total. The number of carbonyl (C=O) groups is 1. The fraction of sp³-hybridized carbons (Fsp3) is 0.361. The minimum absolute atomic E-state index is 0.143.